The molecule has 1 aliphatic heterocycles. The Balaban J connectivity index is 2.78. The van der Waals surface area contributed by atoms with E-state index < -0.39 is 5.60 Å². The second-order valence-corrected chi connectivity index (χ2v) is 7.06. The summed E-state index contributed by atoms with van der Waals surface area (Å²) in [5.41, 5.74) is 0.320. The van der Waals surface area contributed by atoms with E-state index in [-0.39, 0.29) is 23.8 Å². The lowest BCUT2D eigenvalue weighted by atomic mass is 9.99. The Hall–Kier alpha value is -1.65. The number of aliphatic hydroxyl groups is 1. The topological polar surface area (TPSA) is 59.1 Å². The minimum absolute atomic E-state index is 0.102. The number of carbonyl (C=O) groups is 1. The summed E-state index contributed by atoms with van der Waals surface area (Å²) in [6, 6.07) is 0. The Morgan fingerprint density at radius 1 is 1.46 bits per heavy atom. The molecule has 0 spiro atoms. The summed E-state index contributed by atoms with van der Waals surface area (Å²) in [4.78, 5) is 12.1. The lowest BCUT2D eigenvalue weighted by molar-refractivity contribution is -0.145. The monoisotopic (exact) mass is 334 g/mol. The van der Waals surface area contributed by atoms with Crippen molar-refractivity contribution < 1.29 is 19.4 Å². The molecule has 0 aromatic heterocycles. The van der Waals surface area contributed by atoms with Gasteiger partial charge in [-0.05, 0) is 47.6 Å². The van der Waals surface area contributed by atoms with Gasteiger partial charge in [-0.3, -0.25) is 0 Å². The molecule has 0 amide bonds. The number of allylic oxidation sites excluding steroid dienone is 3. The van der Waals surface area contributed by atoms with Gasteiger partial charge >= 0.3 is 5.97 Å². The van der Waals surface area contributed by atoms with Crippen molar-refractivity contribution >= 4 is 5.97 Å². The van der Waals surface area contributed by atoms with E-state index >= 15 is 0 Å². The van der Waals surface area contributed by atoms with Crippen LogP contribution in [0.4, 0.5) is 0 Å². The molecule has 0 aromatic rings. The van der Waals surface area contributed by atoms with E-state index in [4.69, 9.17) is 9.47 Å². The first kappa shape index (κ1) is 20.4. The molecule has 3 atom stereocenters. The van der Waals surface area contributed by atoms with Crippen LogP contribution in [0.25, 0.3) is 0 Å². The number of carbonyl (C=O) groups excluding carboxylic acids is 1. The number of rotatable bonds is 8. The molecule has 0 radical (unpaired) electrons. The molecule has 24 heavy (non-hydrogen) atoms. The van der Waals surface area contributed by atoms with Gasteiger partial charge in [0.15, 0.2) is 0 Å². The number of hydrogen-bond acceptors (Lipinski definition) is 4. The minimum atomic E-state index is -1.03. The van der Waals surface area contributed by atoms with Crippen LogP contribution in [0.1, 0.15) is 48.0 Å². The largest absolute Gasteiger partial charge is 0.456 e. The maximum Gasteiger partial charge on any atom is 0.333 e. The number of epoxide rings is 1. The van der Waals surface area contributed by atoms with Crippen LogP contribution in [0.15, 0.2) is 48.1 Å². The van der Waals surface area contributed by atoms with Crippen LogP contribution in [0, 0.1) is 0 Å². The van der Waals surface area contributed by atoms with Crippen molar-refractivity contribution in [3.63, 3.8) is 0 Å². The molecule has 1 N–H and O–H groups in total. The SMILES string of the molecule is C=C[C@](C)(O)/C=C/C=C(\C)C[C@@H](OC(=O)/C(C)=C\C)[C@H]1OC1(C)C. The van der Waals surface area contributed by atoms with E-state index in [0.717, 1.165) is 5.57 Å². The lowest BCUT2D eigenvalue weighted by Gasteiger charge is -2.17. The van der Waals surface area contributed by atoms with Crippen molar-refractivity contribution in [3.05, 3.63) is 48.1 Å². The second-order valence-electron chi connectivity index (χ2n) is 7.06. The van der Waals surface area contributed by atoms with Gasteiger partial charge in [0.25, 0.3) is 0 Å². The highest BCUT2D eigenvalue weighted by Crippen LogP contribution is 2.40. The average molecular weight is 334 g/mol. The van der Waals surface area contributed by atoms with Crippen LogP contribution in [0.2, 0.25) is 0 Å². The van der Waals surface area contributed by atoms with Gasteiger partial charge < -0.3 is 14.6 Å². The highest BCUT2D eigenvalue weighted by molar-refractivity contribution is 5.87. The van der Waals surface area contributed by atoms with Crippen molar-refractivity contribution in [2.75, 3.05) is 0 Å². The Bertz CT molecular complexity index is 564. The average Bonchev–Trinajstić information content (AvgIpc) is 3.14. The van der Waals surface area contributed by atoms with Crippen LogP contribution in [-0.4, -0.2) is 34.5 Å². The quantitative estimate of drug-likeness (QED) is 0.241. The van der Waals surface area contributed by atoms with Crippen LogP contribution in [0.5, 0.6) is 0 Å². The molecular weight excluding hydrogens is 304 g/mol. The first-order valence-corrected chi connectivity index (χ1v) is 8.25. The molecule has 4 nitrogen and oxygen atoms in total. The zero-order valence-corrected chi connectivity index (χ0v) is 15.6. The van der Waals surface area contributed by atoms with Gasteiger partial charge in [0.1, 0.15) is 12.2 Å². The smallest absolute Gasteiger partial charge is 0.333 e. The lowest BCUT2D eigenvalue weighted by Crippen LogP contribution is -2.28. The molecule has 1 heterocycles. The first-order valence-electron chi connectivity index (χ1n) is 8.25. The third-order valence-electron chi connectivity index (χ3n) is 4.16. The van der Waals surface area contributed by atoms with E-state index in [1.807, 2.05) is 33.8 Å². The Kier molecular flexibility index (Phi) is 6.76. The predicted octanol–water partition coefficient (Wildman–Crippen LogP) is 3.87. The predicted molar refractivity (Wildman–Crippen MR) is 96.6 cm³/mol. The van der Waals surface area contributed by atoms with E-state index in [1.54, 1.807) is 32.1 Å². The summed E-state index contributed by atoms with van der Waals surface area (Å²) >= 11 is 0. The zero-order chi connectivity index (χ0) is 18.5. The van der Waals surface area contributed by atoms with E-state index in [1.165, 1.54) is 6.08 Å². The van der Waals surface area contributed by atoms with Crippen molar-refractivity contribution in [2.24, 2.45) is 0 Å². The van der Waals surface area contributed by atoms with Crippen molar-refractivity contribution in [1.82, 2.24) is 0 Å². The summed E-state index contributed by atoms with van der Waals surface area (Å²) in [5, 5.41) is 9.86. The summed E-state index contributed by atoms with van der Waals surface area (Å²) in [7, 11) is 0. The first-order chi connectivity index (χ1) is 11.0. The van der Waals surface area contributed by atoms with Crippen LogP contribution in [0.3, 0.4) is 0 Å². The molecular formula is C20H30O4. The van der Waals surface area contributed by atoms with E-state index in [9.17, 15) is 9.90 Å². The van der Waals surface area contributed by atoms with Gasteiger partial charge in [-0.25, -0.2) is 4.79 Å². The van der Waals surface area contributed by atoms with Gasteiger partial charge in [-0.15, -0.1) is 0 Å². The Morgan fingerprint density at radius 3 is 2.50 bits per heavy atom. The standard InChI is InChI=1S/C20H30O4/c1-8-15(4)18(21)23-16(17-19(5,6)24-17)13-14(3)11-10-12-20(7,22)9-2/h8-12,16-17,22H,2,13H2,1,3-7H3/b12-10+,14-11+,15-8-/t16-,17-,20+/m1/s1. The van der Waals surface area contributed by atoms with Gasteiger partial charge in [-0.2, -0.15) is 0 Å². The summed E-state index contributed by atoms with van der Waals surface area (Å²) < 4.78 is 11.3. The third kappa shape index (κ3) is 6.10. The van der Waals surface area contributed by atoms with Crippen molar-refractivity contribution in [2.45, 2.75) is 71.4 Å². The summed E-state index contributed by atoms with van der Waals surface area (Å²) in [6.07, 6.45) is 8.70. The summed E-state index contributed by atoms with van der Waals surface area (Å²) in [6.45, 7) is 14.7. The van der Waals surface area contributed by atoms with Crippen molar-refractivity contribution in [3.8, 4) is 0 Å². The van der Waals surface area contributed by atoms with Crippen LogP contribution >= 0.6 is 0 Å². The number of hydrogen-bond donors (Lipinski definition) is 1. The fourth-order valence-electron chi connectivity index (χ4n) is 2.24. The molecule has 0 bridgehead atoms. The van der Waals surface area contributed by atoms with Gasteiger partial charge in [0, 0.05) is 12.0 Å². The maximum absolute atomic E-state index is 12.1. The highest BCUT2D eigenvalue weighted by Gasteiger charge is 2.54. The molecule has 0 aliphatic carbocycles. The second kappa shape index (κ2) is 7.95. The summed E-state index contributed by atoms with van der Waals surface area (Å²) in [5.74, 6) is -0.313. The molecule has 0 unspecified atom stereocenters. The molecule has 1 fully saturated rings. The normalized spacial score (nSPS) is 24.4. The molecule has 0 aromatic carbocycles. The van der Waals surface area contributed by atoms with Gasteiger partial charge in [0.2, 0.25) is 0 Å². The highest BCUT2D eigenvalue weighted by atomic mass is 16.6. The molecule has 1 aliphatic rings. The fraction of sp³-hybridized carbons (Fsp3) is 0.550. The minimum Gasteiger partial charge on any atom is -0.456 e. The van der Waals surface area contributed by atoms with Gasteiger partial charge in [0.05, 0.1) is 11.2 Å². The van der Waals surface area contributed by atoms with Crippen LogP contribution in [-0.2, 0) is 14.3 Å². The van der Waals surface area contributed by atoms with Gasteiger partial charge in [-0.1, -0.05) is 36.5 Å². The fourth-order valence-corrected chi connectivity index (χ4v) is 2.24. The third-order valence-corrected chi connectivity index (χ3v) is 4.16. The van der Waals surface area contributed by atoms with Crippen LogP contribution < -0.4 is 0 Å². The van der Waals surface area contributed by atoms with E-state index in [0.29, 0.717) is 12.0 Å². The molecule has 1 saturated heterocycles. The van der Waals surface area contributed by atoms with Crippen molar-refractivity contribution in [1.29, 1.82) is 0 Å². The Labute approximate surface area is 145 Å². The molecule has 1 rings (SSSR count). The zero-order valence-electron chi connectivity index (χ0n) is 15.6. The number of ether oxygens (including phenoxy) is 2. The van der Waals surface area contributed by atoms with E-state index in [2.05, 4.69) is 6.58 Å². The molecule has 134 valence electrons. The Morgan fingerprint density at radius 2 is 2.04 bits per heavy atom. The molecule has 4 heteroatoms. The number of esters is 1. The molecule has 0 saturated carbocycles. The maximum atomic E-state index is 12.1.